The van der Waals surface area contributed by atoms with Crippen molar-refractivity contribution in [3.05, 3.63) is 53.4 Å². The van der Waals surface area contributed by atoms with Gasteiger partial charge in [0.15, 0.2) is 0 Å². The summed E-state index contributed by atoms with van der Waals surface area (Å²) in [5.74, 6) is -1.28. The number of aromatic nitrogens is 2. The van der Waals surface area contributed by atoms with E-state index >= 15 is 8.78 Å². The Balaban J connectivity index is 1.50. The number of halogens is 2. The van der Waals surface area contributed by atoms with Crippen LogP contribution in [0, 0.1) is 18.6 Å². The predicted molar refractivity (Wildman–Crippen MR) is 123 cm³/mol. The molecule has 2 aliphatic rings. The molecule has 0 spiro atoms. The fraction of sp³-hybridized carbons (Fsp3) is 0.480. The molecule has 176 valence electrons. The summed E-state index contributed by atoms with van der Waals surface area (Å²) in [7, 11) is 0. The molecule has 33 heavy (non-hydrogen) atoms. The van der Waals surface area contributed by atoms with Gasteiger partial charge in [0.05, 0.1) is 35.8 Å². The number of hydrogen-bond acceptors (Lipinski definition) is 5. The van der Waals surface area contributed by atoms with Gasteiger partial charge in [-0.05, 0) is 62.4 Å². The summed E-state index contributed by atoms with van der Waals surface area (Å²) in [6.45, 7) is 4.06. The van der Waals surface area contributed by atoms with Gasteiger partial charge in [-0.2, -0.15) is 0 Å². The van der Waals surface area contributed by atoms with Gasteiger partial charge in [-0.3, -0.25) is 0 Å². The van der Waals surface area contributed by atoms with Gasteiger partial charge in [0.2, 0.25) is 0 Å². The Hall–Kier alpha value is -2.55. The second-order valence-corrected chi connectivity index (χ2v) is 9.21. The largest absolute Gasteiger partial charge is 0.393 e. The van der Waals surface area contributed by atoms with E-state index in [2.05, 4.69) is 15.6 Å². The van der Waals surface area contributed by atoms with Crippen LogP contribution in [0.3, 0.4) is 0 Å². The number of ether oxygens (including phenoxy) is 1. The SMILES string of the molecule is Cc1ccn2c(CC3CNCCO3)c(-c3c(F)cc(NC4CCC(O)CC4)cc3F)nc2c1. The Kier molecular flexibility index (Phi) is 6.32. The summed E-state index contributed by atoms with van der Waals surface area (Å²) < 4.78 is 38.5. The average molecular weight is 457 g/mol. The van der Waals surface area contributed by atoms with Crippen LogP contribution < -0.4 is 10.6 Å². The highest BCUT2D eigenvalue weighted by Gasteiger charge is 2.26. The standard InChI is InChI=1S/C25H30F2N4O2/c1-15-6-8-31-22(13-19-14-28-7-9-33-19)25(30-23(31)10-15)24-20(26)11-17(12-21(24)27)29-16-2-4-18(32)5-3-16/h6,8,10-12,16,18-19,28-29,32H,2-5,7,9,13-14H2,1H3. The first kappa shape index (κ1) is 22.3. The van der Waals surface area contributed by atoms with E-state index in [9.17, 15) is 5.11 Å². The quantitative estimate of drug-likeness (QED) is 0.544. The van der Waals surface area contributed by atoms with Crippen LogP contribution in [0.2, 0.25) is 0 Å². The fourth-order valence-electron chi connectivity index (χ4n) is 4.90. The van der Waals surface area contributed by atoms with Crippen molar-refractivity contribution in [3.63, 3.8) is 0 Å². The number of nitrogens with zero attached hydrogens (tertiary/aromatic N) is 2. The summed E-state index contributed by atoms with van der Waals surface area (Å²) in [5, 5.41) is 16.2. The Morgan fingerprint density at radius 2 is 1.94 bits per heavy atom. The highest BCUT2D eigenvalue weighted by atomic mass is 19.1. The molecule has 0 radical (unpaired) electrons. The molecule has 5 rings (SSSR count). The third kappa shape index (κ3) is 4.74. The molecule has 1 saturated carbocycles. The van der Waals surface area contributed by atoms with Crippen molar-refractivity contribution in [1.29, 1.82) is 0 Å². The number of anilines is 1. The lowest BCUT2D eigenvalue weighted by atomic mass is 9.93. The third-order valence-electron chi connectivity index (χ3n) is 6.65. The first-order valence-corrected chi connectivity index (χ1v) is 11.7. The van der Waals surface area contributed by atoms with Crippen molar-refractivity contribution in [3.8, 4) is 11.3 Å². The Bertz CT molecular complexity index is 1110. The Morgan fingerprint density at radius 3 is 2.64 bits per heavy atom. The van der Waals surface area contributed by atoms with Crippen LogP contribution in [0.1, 0.15) is 36.9 Å². The highest BCUT2D eigenvalue weighted by Crippen LogP contribution is 2.33. The zero-order valence-corrected chi connectivity index (χ0v) is 18.8. The van der Waals surface area contributed by atoms with E-state index in [-0.39, 0.29) is 23.8 Å². The van der Waals surface area contributed by atoms with Crippen LogP contribution in [0.25, 0.3) is 16.9 Å². The highest BCUT2D eigenvalue weighted by molar-refractivity contribution is 5.70. The van der Waals surface area contributed by atoms with Gasteiger partial charge >= 0.3 is 0 Å². The number of hydrogen-bond donors (Lipinski definition) is 3. The minimum atomic E-state index is -0.641. The molecule has 1 aliphatic heterocycles. The topological polar surface area (TPSA) is 70.8 Å². The second-order valence-electron chi connectivity index (χ2n) is 9.21. The molecular formula is C25H30F2N4O2. The molecule has 3 heterocycles. The van der Waals surface area contributed by atoms with Gasteiger partial charge in [-0.1, -0.05) is 0 Å². The molecule has 1 aromatic carbocycles. The number of nitrogens with one attached hydrogen (secondary N) is 2. The predicted octanol–water partition coefficient (Wildman–Crippen LogP) is 3.83. The van der Waals surface area contributed by atoms with Gasteiger partial charge in [-0.25, -0.2) is 13.8 Å². The van der Waals surface area contributed by atoms with Crippen LogP contribution in [-0.2, 0) is 11.2 Å². The van der Waals surface area contributed by atoms with Crippen LogP contribution in [-0.4, -0.2) is 52.4 Å². The number of pyridine rings is 1. The molecule has 3 N–H and O–H groups in total. The monoisotopic (exact) mass is 456 g/mol. The van der Waals surface area contributed by atoms with E-state index in [0.717, 1.165) is 30.6 Å². The molecular weight excluding hydrogens is 426 g/mol. The summed E-state index contributed by atoms with van der Waals surface area (Å²) in [6.07, 6.45) is 4.97. The number of aliphatic hydroxyl groups excluding tert-OH is 1. The maximum Gasteiger partial charge on any atom is 0.137 e. The van der Waals surface area contributed by atoms with Crippen LogP contribution in [0.15, 0.2) is 30.5 Å². The summed E-state index contributed by atoms with van der Waals surface area (Å²) in [4.78, 5) is 4.64. The lowest BCUT2D eigenvalue weighted by Crippen LogP contribution is -2.39. The number of benzene rings is 1. The molecule has 1 unspecified atom stereocenters. The van der Waals surface area contributed by atoms with Gasteiger partial charge in [-0.15, -0.1) is 0 Å². The molecule has 3 aromatic rings. The van der Waals surface area contributed by atoms with Crippen LogP contribution in [0.4, 0.5) is 14.5 Å². The molecule has 1 atom stereocenters. The van der Waals surface area contributed by atoms with Crippen LogP contribution in [0.5, 0.6) is 0 Å². The molecule has 0 bridgehead atoms. The van der Waals surface area contributed by atoms with E-state index in [1.165, 1.54) is 12.1 Å². The molecule has 1 saturated heterocycles. The number of morpholine rings is 1. The van der Waals surface area contributed by atoms with Crippen LogP contribution >= 0.6 is 0 Å². The average Bonchev–Trinajstić information content (AvgIpc) is 3.12. The lowest BCUT2D eigenvalue weighted by Gasteiger charge is -2.27. The van der Waals surface area contributed by atoms with Gasteiger partial charge < -0.3 is 24.9 Å². The first-order valence-electron chi connectivity index (χ1n) is 11.7. The van der Waals surface area contributed by atoms with E-state index in [4.69, 9.17) is 4.74 Å². The summed E-state index contributed by atoms with van der Waals surface area (Å²) in [6, 6.07) is 6.67. The molecule has 2 fully saturated rings. The van der Waals surface area contributed by atoms with Crippen molar-refractivity contribution in [2.45, 2.75) is 57.3 Å². The molecule has 8 heteroatoms. The van der Waals surface area contributed by atoms with Gasteiger partial charge in [0.1, 0.15) is 17.3 Å². The van der Waals surface area contributed by atoms with Crippen molar-refractivity contribution in [2.75, 3.05) is 25.0 Å². The minimum Gasteiger partial charge on any atom is -0.393 e. The second kappa shape index (κ2) is 9.37. The molecule has 2 aromatic heterocycles. The van der Waals surface area contributed by atoms with Gasteiger partial charge in [0.25, 0.3) is 0 Å². The first-order chi connectivity index (χ1) is 16.0. The maximum atomic E-state index is 15.4. The Labute approximate surface area is 192 Å². The number of rotatable bonds is 5. The van der Waals surface area contributed by atoms with E-state index < -0.39 is 11.6 Å². The lowest BCUT2D eigenvalue weighted by molar-refractivity contribution is 0.0286. The Morgan fingerprint density at radius 1 is 1.18 bits per heavy atom. The summed E-state index contributed by atoms with van der Waals surface area (Å²) in [5.41, 5.74) is 3.04. The normalized spacial score (nSPS) is 23.7. The third-order valence-corrected chi connectivity index (χ3v) is 6.65. The van der Waals surface area contributed by atoms with E-state index in [1.54, 1.807) is 0 Å². The minimum absolute atomic E-state index is 0.0904. The van der Waals surface area contributed by atoms with Crippen molar-refractivity contribution >= 4 is 11.3 Å². The fourth-order valence-corrected chi connectivity index (χ4v) is 4.90. The van der Waals surface area contributed by atoms with Crippen molar-refractivity contribution in [2.24, 2.45) is 0 Å². The van der Waals surface area contributed by atoms with E-state index in [0.29, 0.717) is 49.4 Å². The van der Waals surface area contributed by atoms with Gasteiger partial charge in [0, 0.05) is 37.4 Å². The molecule has 6 nitrogen and oxygen atoms in total. The molecule has 0 amide bonds. The van der Waals surface area contributed by atoms with E-state index in [1.807, 2.05) is 29.7 Å². The van der Waals surface area contributed by atoms with Crippen molar-refractivity contribution < 1.29 is 18.6 Å². The van der Waals surface area contributed by atoms with Crippen molar-refractivity contribution in [1.82, 2.24) is 14.7 Å². The zero-order valence-electron chi connectivity index (χ0n) is 18.8. The summed E-state index contributed by atoms with van der Waals surface area (Å²) >= 11 is 0. The zero-order chi connectivity index (χ0) is 22.9. The number of fused-ring (bicyclic) bond motifs is 1. The molecule has 1 aliphatic carbocycles. The smallest absolute Gasteiger partial charge is 0.137 e. The number of imidazole rings is 1. The number of aryl methyl sites for hydroxylation is 1. The number of aliphatic hydroxyl groups is 1. The maximum absolute atomic E-state index is 15.4.